The number of aromatic nitrogens is 4. The van der Waals surface area contributed by atoms with Crippen LogP contribution in [0, 0.1) is 13.8 Å². The van der Waals surface area contributed by atoms with Crippen LogP contribution in [0.4, 0.5) is 0 Å². The van der Waals surface area contributed by atoms with Crippen LogP contribution in [0.15, 0.2) is 4.52 Å². The van der Waals surface area contributed by atoms with Gasteiger partial charge in [0.25, 0.3) is 0 Å². The average molecular weight is 264 g/mol. The third kappa shape index (κ3) is 2.35. The van der Waals surface area contributed by atoms with Crippen LogP contribution in [0.1, 0.15) is 40.1 Å². The summed E-state index contributed by atoms with van der Waals surface area (Å²) in [4.78, 5) is 11.6. The molecule has 2 aromatic rings. The number of carbonyl (C=O) groups is 1. The number of carbonyl (C=O) groups excluding carboxylic acids is 1. The Labute approximate surface area is 110 Å². The van der Waals surface area contributed by atoms with Gasteiger partial charge in [0, 0.05) is 5.56 Å². The van der Waals surface area contributed by atoms with E-state index in [2.05, 4.69) is 20.2 Å². The Morgan fingerprint density at radius 2 is 2.16 bits per heavy atom. The first-order valence-electron chi connectivity index (χ1n) is 6.00. The molecule has 0 radical (unpaired) electrons. The maximum atomic E-state index is 11.6. The Kier molecular flexibility index (Phi) is 3.64. The smallest absolute Gasteiger partial charge is 0.360 e. The summed E-state index contributed by atoms with van der Waals surface area (Å²) in [5.74, 6) is 0.275. The van der Waals surface area contributed by atoms with Crippen molar-refractivity contribution in [2.24, 2.45) is 0 Å². The molecule has 0 aliphatic carbocycles. The van der Waals surface area contributed by atoms with E-state index in [1.807, 2.05) is 20.8 Å². The highest BCUT2D eigenvalue weighted by molar-refractivity contribution is 5.88. The van der Waals surface area contributed by atoms with Crippen molar-refractivity contribution in [1.29, 1.82) is 0 Å². The van der Waals surface area contributed by atoms with Crippen molar-refractivity contribution < 1.29 is 14.1 Å². The van der Waals surface area contributed by atoms with Crippen LogP contribution in [0.5, 0.6) is 0 Å². The number of ether oxygens (including phenoxy) is 1. The lowest BCUT2D eigenvalue weighted by atomic mass is 10.2. The van der Waals surface area contributed by atoms with Gasteiger partial charge in [0.05, 0.1) is 25.0 Å². The molecule has 0 saturated heterocycles. The topological polar surface area (TPSA) is 83.0 Å². The first kappa shape index (κ1) is 13.3. The van der Waals surface area contributed by atoms with Crippen LogP contribution in [-0.2, 0) is 17.7 Å². The fraction of sp³-hybridized carbons (Fsp3) is 0.500. The van der Waals surface area contributed by atoms with Crippen LogP contribution in [0.3, 0.4) is 0 Å². The standard InChI is InChI=1S/C12H16N4O3/c1-5-10-11(12(17)18-4)13-15-16(10)6-9-7(2)14-19-8(9)3/h5-6H2,1-4H3. The van der Waals surface area contributed by atoms with Crippen LogP contribution in [-0.4, -0.2) is 33.2 Å². The van der Waals surface area contributed by atoms with Crippen molar-refractivity contribution >= 4 is 5.97 Å². The van der Waals surface area contributed by atoms with Gasteiger partial charge in [-0.25, -0.2) is 9.48 Å². The highest BCUT2D eigenvalue weighted by Crippen LogP contribution is 2.16. The number of aryl methyl sites for hydroxylation is 2. The summed E-state index contributed by atoms with van der Waals surface area (Å²) in [6.07, 6.45) is 0.640. The van der Waals surface area contributed by atoms with Crippen molar-refractivity contribution in [3.8, 4) is 0 Å². The van der Waals surface area contributed by atoms with E-state index >= 15 is 0 Å². The lowest BCUT2D eigenvalue weighted by Crippen LogP contribution is -2.10. The van der Waals surface area contributed by atoms with Gasteiger partial charge in [-0.3, -0.25) is 0 Å². The Bertz CT molecular complexity index is 581. The molecule has 2 rings (SSSR count). The van der Waals surface area contributed by atoms with Gasteiger partial charge in [-0.2, -0.15) is 0 Å². The molecule has 0 amide bonds. The first-order chi connectivity index (χ1) is 9.08. The molecule has 0 N–H and O–H groups in total. The van der Waals surface area contributed by atoms with Gasteiger partial charge >= 0.3 is 5.97 Å². The molecule has 0 aliphatic rings. The lowest BCUT2D eigenvalue weighted by molar-refractivity contribution is 0.0592. The molecule has 7 nitrogen and oxygen atoms in total. The van der Waals surface area contributed by atoms with E-state index < -0.39 is 5.97 Å². The van der Waals surface area contributed by atoms with Gasteiger partial charge in [-0.15, -0.1) is 5.10 Å². The molecule has 2 aromatic heterocycles. The summed E-state index contributed by atoms with van der Waals surface area (Å²) >= 11 is 0. The molecular weight excluding hydrogens is 248 g/mol. The second-order valence-electron chi connectivity index (χ2n) is 4.19. The molecule has 0 saturated carbocycles. The van der Waals surface area contributed by atoms with Gasteiger partial charge in [-0.05, 0) is 20.3 Å². The zero-order valence-electron chi connectivity index (χ0n) is 11.4. The fourth-order valence-corrected chi connectivity index (χ4v) is 1.94. The van der Waals surface area contributed by atoms with E-state index in [0.717, 1.165) is 22.7 Å². The molecule has 0 atom stereocenters. The molecule has 0 fully saturated rings. The van der Waals surface area contributed by atoms with Crippen molar-refractivity contribution in [3.05, 3.63) is 28.4 Å². The summed E-state index contributed by atoms with van der Waals surface area (Å²) < 4.78 is 11.5. The van der Waals surface area contributed by atoms with Gasteiger partial charge in [0.15, 0.2) is 5.69 Å². The minimum atomic E-state index is -0.470. The lowest BCUT2D eigenvalue weighted by Gasteiger charge is -2.05. The zero-order valence-corrected chi connectivity index (χ0v) is 11.4. The second kappa shape index (κ2) is 5.21. The zero-order chi connectivity index (χ0) is 14.0. The average Bonchev–Trinajstić information content (AvgIpc) is 2.96. The molecule has 0 unspecified atom stereocenters. The largest absolute Gasteiger partial charge is 0.464 e. The molecule has 102 valence electrons. The van der Waals surface area contributed by atoms with E-state index in [1.165, 1.54) is 7.11 Å². The summed E-state index contributed by atoms with van der Waals surface area (Å²) in [5.41, 5.74) is 2.77. The number of rotatable bonds is 4. The van der Waals surface area contributed by atoms with Crippen molar-refractivity contribution in [3.63, 3.8) is 0 Å². The molecule has 0 aromatic carbocycles. The highest BCUT2D eigenvalue weighted by atomic mass is 16.5. The van der Waals surface area contributed by atoms with Gasteiger partial charge in [0.1, 0.15) is 5.76 Å². The number of nitrogens with zero attached hydrogens (tertiary/aromatic N) is 4. The van der Waals surface area contributed by atoms with Gasteiger partial charge in [-0.1, -0.05) is 17.3 Å². The Balaban J connectivity index is 2.36. The number of methoxy groups -OCH3 is 1. The second-order valence-corrected chi connectivity index (χ2v) is 4.19. The molecule has 0 aliphatic heterocycles. The molecule has 0 bridgehead atoms. The summed E-state index contributed by atoms with van der Waals surface area (Å²) in [5, 5.41) is 11.8. The van der Waals surface area contributed by atoms with Crippen LogP contribution in [0.25, 0.3) is 0 Å². The normalized spacial score (nSPS) is 10.7. The Morgan fingerprint density at radius 3 is 2.68 bits per heavy atom. The molecule has 2 heterocycles. The minimum absolute atomic E-state index is 0.261. The van der Waals surface area contributed by atoms with Gasteiger partial charge < -0.3 is 9.26 Å². The predicted octanol–water partition coefficient (Wildman–Crippen LogP) is 1.28. The maximum absolute atomic E-state index is 11.6. The summed E-state index contributed by atoms with van der Waals surface area (Å²) in [6, 6.07) is 0. The SMILES string of the molecule is CCc1c(C(=O)OC)nnn1Cc1c(C)noc1C. The number of esters is 1. The summed E-state index contributed by atoms with van der Waals surface area (Å²) in [7, 11) is 1.33. The molecule has 19 heavy (non-hydrogen) atoms. The van der Waals surface area contributed by atoms with E-state index in [-0.39, 0.29) is 5.69 Å². The molecule has 7 heteroatoms. The Morgan fingerprint density at radius 1 is 1.42 bits per heavy atom. The monoisotopic (exact) mass is 264 g/mol. The quantitative estimate of drug-likeness (QED) is 0.773. The van der Waals surface area contributed by atoms with Crippen molar-refractivity contribution in [2.75, 3.05) is 7.11 Å². The third-order valence-corrected chi connectivity index (χ3v) is 3.04. The van der Waals surface area contributed by atoms with Crippen molar-refractivity contribution in [2.45, 2.75) is 33.7 Å². The first-order valence-corrected chi connectivity index (χ1v) is 6.00. The van der Waals surface area contributed by atoms with Gasteiger partial charge in [0.2, 0.25) is 0 Å². The van der Waals surface area contributed by atoms with Crippen LogP contribution in [0.2, 0.25) is 0 Å². The van der Waals surface area contributed by atoms with E-state index in [1.54, 1.807) is 4.68 Å². The number of hydrogen-bond donors (Lipinski definition) is 0. The predicted molar refractivity (Wildman–Crippen MR) is 65.8 cm³/mol. The van der Waals surface area contributed by atoms with Crippen LogP contribution < -0.4 is 0 Å². The summed E-state index contributed by atoms with van der Waals surface area (Å²) in [6.45, 7) is 6.14. The number of hydrogen-bond acceptors (Lipinski definition) is 6. The maximum Gasteiger partial charge on any atom is 0.360 e. The van der Waals surface area contributed by atoms with Crippen molar-refractivity contribution in [1.82, 2.24) is 20.2 Å². The highest BCUT2D eigenvalue weighted by Gasteiger charge is 2.20. The molecular formula is C12H16N4O3. The van der Waals surface area contributed by atoms with Crippen LogP contribution >= 0.6 is 0 Å². The van der Waals surface area contributed by atoms with E-state index in [4.69, 9.17) is 4.52 Å². The fourth-order valence-electron chi connectivity index (χ4n) is 1.94. The third-order valence-electron chi connectivity index (χ3n) is 3.04. The molecule has 0 spiro atoms. The Hall–Kier alpha value is -2.18. The minimum Gasteiger partial charge on any atom is -0.464 e. The van der Waals surface area contributed by atoms with E-state index in [9.17, 15) is 4.79 Å². The van der Waals surface area contributed by atoms with E-state index in [0.29, 0.717) is 13.0 Å².